The van der Waals surface area contributed by atoms with Crippen LogP contribution in [0.1, 0.15) is 54.4 Å². The predicted octanol–water partition coefficient (Wildman–Crippen LogP) is 3.60. The van der Waals surface area contributed by atoms with Crippen LogP contribution in [0.4, 0.5) is 0 Å². The zero-order valence-corrected chi connectivity index (χ0v) is 19.3. The van der Waals surface area contributed by atoms with E-state index in [2.05, 4.69) is 20.7 Å². The normalized spacial score (nSPS) is 15.2. The van der Waals surface area contributed by atoms with E-state index in [4.69, 9.17) is 4.74 Å². The second kappa shape index (κ2) is 13.4. The Hall–Kier alpha value is -3.19. The third-order valence-electron chi connectivity index (χ3n) is 5.88. The molecule has 2 amide bonds. The molecule has 1 saturated heterocycles. The molecule has 2 aromatic rings. The summed E-state index contributed by atoms with van der Waals surface area (Å²) in [6.45, 7) is 2.45. The average Bonchev–Trinajstić information content (AvgIpc) is 2.87. The van der Waals surface area contributed by atoms with Crippen LogP contribution in [0.3, 0.4) is 0 Å². The van der Waals surface area contributed by atoms with Gasteiger partial charge in [0.15, 0.2) is 0 Å². The maximum absolute atomic E-state index is 13.0. The molecule has 0 aliphatic carbocycles. The number of hydrogen-bond donors (Lipinski definition) is 2. The van der Waals surface area contributed by atoms with E-state index in [1.807, 2.05) is 42.5 Å². The van der Waals surface area contributed by atoms with Crippen LogP contribution >= 0.6 is 0 Å². The molecule has 7 heteroatoms. The number of carbonyl (C=O) groups excluding carboxylic acids is 2. The Labute approximate surface area is 196 Å². The molecule has 1 aliphatic heterocycles. The van der Waals surface area contributed by atoms with Crippen molar-refractivity contribution < 1.29 is 14.3 Å². The first kappa shape index (κ1) is 24.5. The molecule has 1 atom stereocenters. The summed E-state index contributed by atoms with van der Waals surface area (Å²) in [5.74, 6) is 0.559. The lowest BCUT2D eigenvalue weighted by molar-refractivity contribution is -0.127. The van der Waals surface area contributed by atoms with Gasteiger partial charge in [-0.05, 0) is 69.5 Å². The number of methoxy groups -OCH3 is 1. The Bertz CT molecular complexity index is 911. The van der Waals surface area contributed by atoms with Crippen LogP contribution in [-0.2, 0) is 4.79 Å². The number of para-hydroxylation sites is 1. The summed E-state index contributed by atoms with van der Waals surface area (Å²) in [6, 6.07) is 16.5. The number of piperidine rings is 1. The highest BCUT2D eigenvalue weighted by Gasteiger charge is 2.26. The summed E-state index contributed by atoms with van der Waals surface area (Å²) in [7, 11) is 1.61. The number of hydrazone groups is 1. The van der Waals surface area contributed by atoms with Gasteiger partial charge in [0, 0.05) is 17.7 Å². The fourth-order valence-electron chi connectivity index (χ4n) is 4.08. The van der Waals surface area contributed by atoms with E-state index in [0.717, 1.165) is 50.8 Å². The molecule has 0 saturated carbocycles. The van der Waals surface area contributed by atoms with Gasteiger partial charge in [0.1, 0.15) is 5.75 Å². The van der Waals surface area contributed by atoms with Crippen LogP contribution < -0.4 is 15.5 Å². The second-order valence-corrected chi connectivity index (χ2v) is 8.21. The van der Waals surface area contributed by atoms with Crippen molar-refractivity contribution >= 4 is 18.0 Å². The Morgan fingerprint density at radius 3 is 2.52 bits per heavy atom. The number of nitrogens with zero attached hydrogens (tertiary/aromatic N) is 2. The van der Waals surface area contributed by atoms with Gasteiger partial charge < -0.3 is 10.1 Å². The smallest absolute Gasteiger partial charge is 0.257 e. The lowest BCUT2D eigenvalue weighted by Gasteiger charge is -2.33. The predicted molar refractivity (Wildman–Crippen MR) is 131 cm³/mol. The van der Waals surface area contributed by atoms with E-state index in [1.54, 1.807) is 25.5 Å². The summed E-state index contributed by atoms with van der Waals surface area (Å²) < 4.78 is 5.32. The summed E-state index contributed by atoms with van der Waals surface area (Å²) in [4.78, 5) is 27.4. The van der Waals surface area contributed by atoms with Crippen LogP contribution in [0.25, 0.3) is 0 Å². The van der Waals surface area contributed by atoms with Crippen molar-refractivity contribution in [2.75, 3.05) is 26.7 Å². The van der Waals surface area contributed by atoms with Gasteiger partial charge in [-0.2, -0.15) is 5.10 Å². The van der Waals surface area contributed by atoms with Crippen molar-refractivity contribution in [2.24, 2.45) is 5.10 Å². The van der Waals surface area contributed by atoms with Crippen molar-refractivity contribution in [1.82, 2.24) is 15.6 Å². The van der Waals surface area contributed by atoms with Gasteiger partial charge in [-0.15, -0.1) is 0 Å². The average molecular weight is 451 g/mol. The van der Waals surface area contributed by atoms with Gasteiger partial charge in [0.2, 0.25) is 0 Å². The quantitative estimate of drug-likeness (QED) is 0.311. The number of carbonyl (C=O) groups is 2. The Morgan fingerprint density at radius 1 is 1.03 bits per heavy atom. The van der Waals surface area contributed by atoms with Crippen molar-refractivity contribution in [2.45, 2.75) is 44.6 Å². The molecule has 33 heavy (non-hydrogen) atoms. The minimum absolute atomic E-state index is 0.0633. The minimum atomic E-state index is -0.218. The van der Waals surface area contributed by atoms with E-state index in [9.17, 15) is 9.59 Å². The molecule has 0 radical (unpaired) electrons. The summed E-state index contributed by atoms with van der Waals surface area (Å²) in [6.07, 6.45) is 7.45. The molecule has 2 aromatic carbocycles. The molecule has 1 fully saturated rings. The summed E-state index contributed by atoms with van der Waals surface area (Å²) in [5.41, 5.74) is 4.20. The molecule has 1 aliphatic rings. The number of unbranched alkanes of at least 4 members (excludes halogenated alkanes) is 1. The van der Waals surface area contributed by atoms with E-state index in [1.165, 1.54) is 6.42 Å². The molecule has 3 rings (SSSR count). The molecule has 0 aromatic heterocycles. The van der Waals surface area contributed by atoms with Gasteiger partial charge in [0.25, 0.3) is 11.8 Å². The van der Waals surface area contributed by atoms with Crippen molar-refractivity contribution in [1.29, 1.82) is 0 Å². The van der Waals surface area contributed by atoms with Crippen LogP contribution in [-0.4, -0.2) is 55.7 Å². The number of amides is 2. The Morgan fingerprint density at radius 2 is 1.76 bits per heavy atom. The third kappa shape index (κ3) is 7.71. The molecule has 7 nitrogen and oxygen atoms in total. The van der Waals surface area contributed by atoms with Crippen molar-refractivity contribution in [3.05, 3.63) is 65.7 Å². The molecule has 0 spiro atoms. The summed E-state index contributed by atoms with van der Waals surface area (Å²) >= 11 is 0. The first-order valence-electron chi connectivity index (χ1n) is 11.7. The second-order valence-electron chi connectivity index (χ2n) is 8.21. The van der Waals surface area contributed by atoms with Gasteiger partial charge in [-0.1, -0.05) is 36.8 Å². The van der Waals surface area contributed by atoms with E-state index >= 15 is 0 Å². The molecular formula is C26H34N4O3. The lowest BCUT2D eigenvalue weighted by atomic mass is 10.0. The van der Waals surface area contributed by atoms with Crippen molar-refractivity contribution in [3.8, 4) is 5.75 Å². The van der Waals surface area contributed by atoms with Gasteiger partial charge in [0.05, 0.1) is 19.4 Å². The molecule has 1 heterocycles. The summed E-state index contributed by atoms with van der Waals surface area (Å²) in [5, 5.41) is 7.14. The topological polar surface area (TPSA) is 83.0 Å². The maximum atomic E-state index is 13.0. The van der Waals surface area contributed by atoms with Gasteiger partial charge in [-0.25, -0.2) is 5.43 Å². The fraction of sp³-hybridized carbons (Fsp3) is 0.423. The molecule has 2 N–H and O–H groups in total. The number of likely N-dealkylation sites (tertiary alicyclic amines) is 1. The molecule has 176 valence electrons. The highest BCUT2D eigenvalue weighted by atomic mass is 16.5. The first-order valence-corrected chi connectivity index (χ1v) is 11.7. The molecular weight excluding hydrogens is 416 g/mol. The number of nitrogens with one attached hydrogen (secondary N) is 2. The zero-order chi connectivity index (χ0) is 23.3. The number of benzene rings is 2. The Balaban J connectivity index is 1.49. The molecule has 0 bridgehead atoms. The lowest BCUT2D eigenvalue weighted by Crippen LogP contribution is -2.47. The van der Waals surface area contributed by atoms with E-state index in [0.29, 0.717) is 17.9 Å². The third-order valence-corrected chi connectivity index (χ3v) is 5.88. The van der Waals surface area contributed by atoms with E-state index in [-0.39, 0.29) is 17.9 Å². The SMILES string of the molecule is COc1ccccc1/C=N/NC(=O)C(CCCCNC(=O)c1ccccc1)N1CCCCC1. The minimum Gasteiger partial charge on any atom is -0.496 e. The number of rotatable bonds is 11. The fourth-order valence-corrected chi connectivity index (χ4v) is 4.08. The van der Waals surface area contributed by atoms with Crippen LogP contribution in [0.15, 0.2) is 59.7 Å². The molecule has 1 unspecified atom stereocenters. The first-order chi connectivity index (χ1) is 16.2. The van der Waals surface area contributed by atoms with Crippen LogP contribution in [0.5, 0.6) is 5.75 Å². The largest absolute Gasteiger partial charge is 0.496 e. The van der Waals surface area contributed by atoms with Crippen molar-refractivity contribution in [3.63, 3.8) is 0 Å². The van der Waals surface area contributed by atoms with Gasteiger partial charge in [-0.3, -0.25) is 14.5 Å². The highest BCUT2D eigenvalue weighted by molar-refractivity contribution is 5.94. The zero-order valence-electron chi connectivity index (χ0n) is 19.3. The Kier molecular flexibility index (Phi) is 9.91. The maximum Gasteiger partial charge on any atom is 0.257 e. The standard InChI is InChI=1S/C26H34N4O3/c1-33-24-16-7-6-14-22(24)20-28-29-26(32)23(30-18-10-3-11-19-30)15-8-9-17-27-25(31)21-12-4-2-5-13-21/h2,4-7,12-14,16,20,23H,3,8-11,15,17-19H2,1H3,(H,27,31)(H,29,32)/b28-20+. The van der Waals surface area contributed by atoms with Crippen LogP contribution in [0, 0.1) is 0 Å². The van der Waals surface area contributed by atoms with Crippen LogP contribution in [0.2, 0.25) is 0 Å². The van der Waals surface area contributed by atoms with Gasteiger partial charge >= 0.3 is 0 Å². The number of hydrogen-bond acceptors (Lipinski definition) is 5. The number of ether oxygens (including phenoxy) is 1. The highest BCUT2D eigenvalue weighted by Crippen LogP contribution is 2.17. The monoisotopic (exact) mass is 450 g/mol. The van der Waals surface area contributed by atoms with E-state index < -0.39 is 0 Å².